The molecule has 0 radical (unpaired) electrons. The molecular formula is C20H26FN3O4S. The van der Waals surface area contributed by atoms with Gasteiger partial charge in [-0.3, -0.25) is 0 Å². The molecule has 158 valence electrons. The molecule has 0 aliphatic heterocycles. The van der Waals surface area contributed by atoms with Crippen molar-refractivity contribution in [1.29, 1.82) is 0 Å². The minimum atomic E-state index is -3.59. The Hall–Kier alpha value is -2.65. The largest absolute Gasteiger partial charge is 0.494 e. The highest BCUT2D eigenvalue weighted by atomic mass is 32.2. The second kappa shape index (κ2) is 9.23. The number of amides is 2. The monoisotopic (exact) mass is 423 g/mol. The number of nitrogens with one attached hydrogen (secondary N) is 1. The number of nitrogens with zero attached hydrogens (tertiary/aromatic N) is 2. The van der Waals surface area contributed by atoms with E-state index in [0.29, 0.717) is 11.3 Å². The van der Waals surface area contributed by atoms with Crippen LogP contribution in [0.3, 0.4) is 0 Å². The van der Waals surface area contributed by atoms with Gasteiger partial charge in [-0.25, -0.2) is 17.6 Å². The van der Waals surface area contributed by atoms with E-state index in [2.05, 4.69) is 5.32 Å². The first-order valence-electron chi connectivity index (χ1n) is 8.99. The lowest BCUT2D eigenvalue weighted by Crippen LogP contribution is -2.33. The minimum absolute atomic E-state index is 0.138. The number of methoxy groups -OCH3 is 1. The zero-order chi connectivity index (χ0) is 21.8. The zero-order valence-corrected chi connectivity index (χ0v) is 18.0. The van der Waals surface area contributed by atoms with Gasteiger partial charge in [0.2, 0.25) is 10.0 Å². The van der Waals surface area contributed by atoms with Crippen LogP contribution in [0.2, 0.25) is 0 Å². The molecule has 0 bridgehead atoms. The highest BCUT2D eigenvalue weighted by Crippen LogP contribution is 2.20. The van der Waals surface area contributed by atoms with E-state index in [1.54, 1.807) is 27.0 Å². The quantitative estimate of drug-likeness (QED) is 0.739. The minimum Gasteiger partial charge on any atom is -0.494 e. The first kappa shape index (κ1) is 22.6. The van der Waals surface area contributed by atoms with Crippen molar-refractivity contribution in [3.63, 3.8) is 0 Å². The van der Waals surface area contributed by atoms with Gasteiger partial charge in [0.1, 0.15) is 0 Å². The van der Waals surface area contributed by atoms with Gasteiger partial charge in [-0.15, -0.1) is 0 Å². The molecule has 0 saturated carbocycles. The molecule has 0 atom stereocenters. The van der Waals surface area contributed by atoms with Crippen LogP contribution in [0.25, 0.3) is 0 Å². The highest BCUT2D eigenvalue weighted by molar-refractivity contribution is 7.89. The summed E-state index contributed by atoms with van der Waals surface area (Å²) in [6.45, 7) is 3.77. The molecular weight excluding hydrogens is 397 g/mol. The zero-order valence-electron chi connectivity index (χ0n) is 17.1. The average molecular weight is 424 g/mol. The molecule has 0 aliphatic rings. The molecule has 2 amide bonds. The van der Waals surface area contributed by atoms with Gasteiger partial charge in [-0.2, -0.15) is 4.31 Å². The normalized spacial score (nSPS) is 11.6. The molecule has 2 aromatic carbocycles. The Balaban J connectivity index is 2.04. The number of anilines is 1. The number of benzene rings is 2. The van der Waals surface area contributed by atoms with Crippen LogP contribution in [0.4, 0.5) is 14.9 Å². The number of halogens is 1. The Labute approximate surface area is 171 Å². The molecule has 2 aromatic rings. The van der Waals surface area contributed by atoms with Crippen molar-refractivity contribution >= 4 is 21.7 Å². The fourth-order valence-electron chi connectivity index (χ4n) is 2.53. The smallest absolute Gasteiger partial charge is 0.321 e. The molecule has 0 aromatic heterocycles. The third kappa shape index (κ3) is 5.45. The third-order valence-electron chi connectivity index (χ3n) is 4.49. The third-order valence-corrected chi connectivity index (χ3v) is 6.54. The van der Waals surface area contributed by atoms with E-state index in [4.69, 9.17) is 4.74 Å². The number of rotatable bonds is 7. The predicted octanol–water partition coefficient (Wildman–Crippen LogP) is 3.53. The molecule has 9 heteroatoms. The summed E-state index contributed by atoms with van der Waals surface area (Å²) in [7, 11) is 0.896. The maximum atomic E-state index is 13.8. The molecule has 0 unspecified atom stereocenters. The summed E-state index contributed by atoms with van der Waals surface area (Å²) in [5.74, 6) is -0.360. The van der Waals surface area contributed by atoms with Crippen molar-refractivity contribution < 1.29 is 22.3 Å². The van der Waals surface area contributed by atoms with Gasteiger partial charge in [0, 0.05) is 32.4 Å². The van der Waals surface area contributed by atoms with Gasteiger partial charge in [0.15, 0.2) is 11.6 Å². The van der Waals surface area contributed by atoms with E-state index in [-0.39, 0.29) is 23.2 Å². The number of carbonyl (C=O) groups is 1. The molecule has 1 N–H and O–H groups in total. The second-order valence-electron chi connectivity index (χ2n) is 6.89. The van der Waals surface area contributed by atoms with E-state index in [1.165, 1.54) is 59.8 Å². The van der Waals surface area contributed by atoms with Crippen molar-refractivity contribution in [2.24, 2.45) is 0 Å². The van der Waals surface area contributed by atoms with Crippen molar-refractivity contribution in [1.82, 2.24) is 9.21 Å². The van der Waals surface area contributed by atoms with Crippen LogP contribution in [0, 0.1) is 5.82 Å². The average Bonchev–Trinajstić information content (AvgIpc) is 2.67. The molecule has 2 rings (SSSR count). The van der Waals surface area contributed by atoms with Crippen molar-refractivity contribution in [2.75, 3.05) is 26.5 Å². The summed E-state index contributed by atoms with van der Waals surface area (Å²) in [5, 5.41) is 2.69. The van der Waals surface area contributed by atoms with Gasteiger partial charge in [0.25, 0.3) is 0 Å². The number of ether oxygens (including phenoxy) is 1. The Morgan fingerprint density at radius 3 is 2.28 bits per heavy atom. The van der Waals surface area contributed by atoms with E-state index < -0.39 is 21.9 Å². The van der Waals surface area contributed by atoms with Crippen LogP contribution in [-0.2, 0) is 16.6 Å². The second-order valence-corrected chi connectivity index (χ2v) is 8.89. The summed E-state index contributed by atoms with van der Waals surface area (Å²) in [4.78, 5) is 13.9. The maximum absolute atomic E-state index is 13.8. The standard InChI is InChI=1S/C20H26FN3O4S/c1-14(2)24(4)29(26,27)17-9-7-16(8-10-17)22-20(25)23(3)13-15-6-11-19(28-5)18(21)12-15/h6-12,14H,13H2,1-5H3,(H,22,25). The lowest BCUT2D eigenvalue weighted by Gasteiger charge is -2.21. The Morgan fingerprint density at radius 2 is 1.76 bits per heavy atom. The van der Waals surface area contributed by atoms with Gasteiger partial charge >= 0.3 is 6.03 Å². The highest BCUT2D eigenvalue weighted by Gasteiger charge is 2.23. The summed E-state index contributed by atoms with van der Waals surface area (Å²) >= 11 is 0. The van der Waals surface area contributed by atoms with Gasteiger partial charge < -0.3 is 15.0 Å². The summed E-state index contributed by atoms with van der Waals surface area (Å²) in [6.07, 6.45) is 0. The number of carbonyl (C=O) groups excluding carboxylic acids is 1. The number of urea groups is 1. The van der Waals surface area contributed by atoms with E-state index >= 15 is 0 Å². The van der Waals surface area contributed by atoms with Crippen LogP contribution < -0.4 is 10.1 Å². The maximum Gasteiger partial charge on any atom is 0.321 e. The fraction of sp³-hybridized carbons (Fsp3) is 0.350. The SMILES string of the molecule is COc1ccc(CN(C)C(=O)Nc2ccc(S(=O)(=O)N(C)C(C)C)cc2)cc1F. The first-order chi connectivity index (χ1) is 13.6. The van der Waals surface area contributed by atoms with Gasteiger partial charge in [0.05, 0.1) is 12.0 Å². The van der Waals surface area contributed by atoms with E-state index in [9.17, 15) is 17.6 Å². The molecule has 0 heterocycles. The predicted molar refractivity (Wildman–Crippen MR) is 110 cm³/mol. The molecule has 0 aliphatic carbocycles. The number of hydrogen-bond acceptors (Lipinski definition) is 4. The lowest BCUT2D eigenvalue weighted by atomic mass is 10.2. The fourth-order valence-corrected chi connectivity index (χ4v) is 3.89. The van der Waals surface area contributed by atoms with Crippen LogP contribution in [0.1, 0.15) is 19.4 Å². The topological polar surface area (TPSA) is 79.0 Å². The van der Waals surface area contributed by atoms with E-state index in [1.807, 2.05) is 0 Å². The Morgan fingerprint density at radius 1 is 1.14 bits per heavy atom. The van der Waals surface area contributed by atoms with Crippen LogP contribution >= 0.6 is 0 Å². The van der Waals surface area contributed by atoms with Crippen molar-refractivity contribution in [3.05, 3.63) is 53.8 Å². The first-order valence-corrected chi connectivity index (χ1v) is 10.4. The summed E-state index contributed by atoms with van der Waals surface area (Å²) in [5.41, 5.74) is 1.06. The molecule has 0 saturated heterocycles. The van der Waals surface area contributed by atoms with Gasteiger partial charge in [-0.05, 0) is 55.8 Å². The van der Waals surface area contributed by atoms with Crippen LogP contribution in [0.5, 0.6) is 5.75 Å². The molecule has 7 nitrogen and oxygen atoms in total. The van der Waals surface area contributed by atoms with Crippen molar-refractivity contribution in [3.8, 4) is 5.75 Å². The summed E-state index contributed by atoms with van der Waals surface area (Å²) < 4.78 is 44.9. The molecule has 0 fully saturated rings. The number of sulfonamides is 1. The van der Waals surface area contributed by atoms with Crippen molar-refractivity contribution in [2.45, 2.75) is 31.3 Å². The molecule has 0 spiro atoms. The Kier molecular flexibility index (Phi) is 7.21. The van der Waals surface area contributed by atoms with Crippen LogP contribution in [0.15, 0.2) is 47.4 Å². The Bertz CT molecular complexity index is 962. The van der Waals surface area contributed by atoms with Gasteiger partial charge in [-0.1, -0.05) is 6.07 Å². The number of hydrogen-bond donors (Lipinski definition) is 1. The molecule has 29 heavy (non-hydrogen) atoms. The van der Waals surface area contributed by atoms with E-state index in [0.717, 1.165) is 0 Å². The lowest BCUT2D eigenvalue weighted by molar-refractivity contribution is 0.220. The summed E-state index contributed by atoms with van der Waals surface area (Å²) in [6, 6.07) is 9.87. The van der Waals surface area contributed by atoms with Crippen LogP contribution in [-0.4, -0.2) is 50.9 Å².